The quantitative estimate of drug-likeness (QED) is 0.152. The number of carbonyl (C=O) groups is 2. The summed E-state index contributed by atoms with van der Waals surface area (Å²) in [5, 5.41) is 19.2. The molecule has 2 amide bonds. The molecule has 0 aliphatic heterocycles. The number of pyridine rings is 1. The van der Waals surface area contributed by atoms with E-state index in [0.29, 0.717) is 6.42 Å². The number of nitrogens with zero attached hydrogens (tertiary/aromatic N) is 3. The van der Waals surface area contributed by atoms with Gasteiger partial charge in [0.15, 0.2) is 14.1 Å². The van der Waals surface area contributed by atoms with Gasteiger partial charge in [-0.15, -0.1) is 0 Å². The number of ether oxygens (including phenoxy) is 1. The van der Waals surface area contributed by atoms with Gasteiger partial charge in [-0.05, 0) is 111 Å². The Morgan fingerprint density at radius 3 is 2.20 bits per heavy atom. The zero-order valence-electron chi connectivity index (χ0n) is 32.9. The summed E-state index contributed by atoms with van der Waals surface area (Å²) in [7, 11) is -6.41. The first kappa shape index (κ1) is 42.5. The Hall–Kier alpha value is -4.25. The number of benzene rings is 2. The smallest absolute Gasteiger partial charge is 0.407 e. The molecule has 1 fully saturated rings. The highest BCUT2D eigenvalue weighted by Crippen LogP contribution is 2.43. The van der Waals surface area contributed by atoms with E-state index >= 15 is 0 Å². The molecule has 0 spiro atoms. The van der Waals surface area contributed by atoms with Gasteiger partial charge in [0.2, 0.25) is 10.0 Å². The number of rotatable bonds is 14. The fourth-order valence-corrected chi connectivity index (χ4v) is 8.33. The van der Waals surface area contributed by atoms with Crippen LogP contribution in [0.15, 0.2) is 67.0 Å². The van der Waals surface area contributed by atoms with Crippen molar-refractivity contribution in [3.63, 3.8) is 0 Å². The van der Waals surface area contributed by atoms with E-state index in [1.165, 1.54) is 4.90 Å². The molecule has 2 atom stereocenters. The van der Waals surface area contributed by atoms with Gasteiger partial charge < -0.3 is 19.2 Å². The van der Waals surface area contributed by atoms with Crippen molar-refractivity contribution in [2.24, 2.45) is 0 Å². The number of hydrogen-bond donors (Lipinski definition) is 2. The van der Waals surface area contributed by atoms with Crippen molar-refractivity contribution < 1.29 is 32.3 Å². The number of hydrogen-bond acceptors (Lipinski definition) is 8. The molecule has 1 aliphatic carbocycles. The van der Waals surface area contributed by atoms with Crippen LogP contribution >= 0.6 is 0 Å². The Morgan fingerprint density at radius 1 is 1.00 bits per heavy atom. The fourth-order valence-electron chi connectivity index (χ4n) is 6.40. The van der Waals surface area contributed by atoms with Gasteiger partial charge in [-0.2, -0.15) is 5.26 Å². The van der Waals surface area contributed by atoms with Crippen LogP contribution in [0.5, 0.6) is 5.75 Å². The number of carbonyl (C=O) groups excluding carboxylic acids is 1. The maximum absolute atomic E-state index is 13.2. The molecule has 292 valence electrons. The Bertz CT molecular complexity index is 1890. The first-order valence-electron chi connectivity index (χ1n) is 18.6. The van der Waals surface area contributed by atoms with Crippen LogP contribution < -0.4 is 9.46 Å². The maximum Gasteiger partial charge on any atom is 0.407 e. The Morgan fingerprint density at radius 2 is 1.65 bits per heavy atom. The normalized spacial score (nSPS) is 15.5. The molecular weight excluding hydrogens is 721 g/mol. The molecule has 1 aromatic heterocycles. The van der Waals surface area contributed by atoms with Crippen molar-refractivity contribution in [3.05, 3.63) is 83.7 Å². The van der Waals surface area contributed by atoms with E-state index in [2.05, 4.69) is 38.8 Å². The predicted molar refractivity (Wildman–Crippen MR) is 213 cm³/mol. The lowest BCUT2D eigenvalue weighted by atomic mass is 9.88. The highest BCUT2D eigenvalue weighted by molar-refractivity contribution is 7.90. The zero-order chi connectivity index (χ0) is 39.9. The van der Waals surface area contributed by atoms with E-state index in [-0.39, 0.29) is 41.0 Å². The van der Waals surface area contributed by atoms with Gasteiger partial charge in [0, 0.05) is 30.4 Å². The molecule has 11 nitrogen and oxygen atoms in total. The summed E-state index contributed by atoms with van der Waals surface area (Å²) < 4.78 is 39.9. The molecule has 2 N–H and O–H groups in total. The van der Waals surface area contributed by atoms with Gasteiger partial charge in [-0.1, -0.05) is 63.6 Å². The molecule has 0 bridgehead atoms. The third-order valence-electron chi connectivity index (χ3n) is 10.5. The van der Waals surface area contributed by atoms with E-state index in [0.717, 1.165) is 54.4 Å². The number of carboxylic acid groups (broad SMARTS) is 1. The largest absolute Gasteiger partial charge is 0.490 e. The highest BCUT2D eigenvalue weighted by atomic mass is 32.2. The van der Waals surface area contributed by atoms with Crippen LogP contribution in [0.25, 0.3) is 11.1 Å². The third-order valence-corrected chi connectivity index (χ3v) is 16.0. The lowest BCUT2D eigenvalue weighted by Crippen LogP contribution is -2.47. The molecule has 4 rings (SSSR count). The molecule has 3 aromatic rings. The van der Waals surface area contributed by atoms with Gasteiger partial charge in [-0.3, -0.25) is 9.78 Å². The fraction of sp³-hybridized carbons (Fsp3) is 0.512. The highest BCUT2D eigenvalue weighted by Gasteiger charge is 2.41. The van der Waals surface area contributed by atoms with Gasteiger partial charge in [0.25, 0.3) is 5.91 Å². The summed E-state index contributed by atoms with van der Waals surface area (Å²) in [6, 6.07) is 18.5. The molecule has 0 saturated heterocycles. The first-order chi connectivity index (χ1) is 25.2. The lowest BCUT2D eigenvalue weighted by molar-refractivity contribution is 0.0871. The monoisotopic (exact) mass is 776 g/mol. The van der Waals surface area contributed by atoms with E-state index in [9.17, 15) is 23.1 Å². The number of nitriles is 1. The van der Waals surface area contributed by atoms with E-state index in [1.807, 2.05) is 68.1 Å². The second-order valence-electron chi connectivity index (χ2n) is 16.7. The average molecular weight is 777 g/mol. The van der Waals surface area contributed by atoms with Crippen LogP contribution in [0.2, 0.25) is 18.1 Å². The second-order valence-corrected chi connectivity index (χ2v) is 23.2. The summed E-state index contributed by atoms with van der Waals surface area (Å²) in [5.74, 6) is -1.66. The van der Waals surface area contributed by atoms with Crippen molar-refractivity contribution in [3.8, 4) is 22.9 Å². The minimum atomic E-state index is -4.14. The van der Waals surface area contributed by atoms with Gasteiger partial charge >= 0.3 is 6.09 Å². The summed E-state index contributed by atoms with van der Waals surface area (Å²) >= 11 is 0. The maximum atomic E-state index is 13.2. The molecule has 1 heterocycles. The first-order valence-corrected chi connectivity index (χ1v) is 23.2. The van der Waals surface area contributed by atoms with Crippen molar-refractivity contribution >= 4 is 30.3 Å². The molecular formula is C41H56N4O7SSi. The van der Waals surface area contributed by atoms with Crippen molar-refractivity contribution in [2.75, 3.05) is 12.3 Å². The third kappa shape index (κ3) is 11.4. The van der Waals surface area contributed by atoms with Crippen LogP contribution in [0.4, 0.5) is 4.79 Å². The number of sulfonamides is 1. The van der Waals surface area contributed by atoms with Crippen molar-refractivity contribution in [2.45, 2.75) is 122 Å². The summed E-state index contributed by atoms with van der Waals surface area (Å²) in [4.78, 5) is 31.7. The standard InChI is InChI=1S/C41H56N4O7SSi/c1-40(2,3)45(39(47)48)28-33(26-36(32-13-12-23-43-27-32)52-54(7,8)41(4,5)6)30-18-16-29(17-19-30)31-20-21-35(38(46)44-53(49,50)24-22-42)37(25-31)51-34-14-10-9-11-15-34/h12-13,16-21,23,25,27,33-34,36H,9-11,14-15,24,26,28H2,1-8H3,(H,44,46)(H,47,48)/t33-,36?/m0/s1. The summed E-state index contributed by atoms with van der Waals surface area (Å²) in [6.07, 6.45) is 7.42. The minimum absolute atomic E-state index is 0.0518. The molecule has 1 unspecified atom stereocenters. The minimum Gasteiger partial charge on any atom is -0.490 e. The van der Waals surface area contributed by atoms with Crippen LogP contribution in [-0.4, -0.2) is 67.7 Å². The summed E-state index contributed by atoms with van der Waals surface area (Å²) in [5.41, 5.74) is 2.90. The summed E-state index contributed by atoms with van der Waals surface area (Å²) in [6.45, 7) is 16.9. The molecule has 1 aliphatic rings. The van der Waals surface area contributed by atoms with Crippen molar-refractivity contribution in [1.29, 1.82) is 5.26 Å². The van der Waals surface area contributed by atoms with Gasteiger partial charge in [0.05, 0.1) is 23.8 Å². The van der Waals surface area contributed by atoms with E-state index in [4.69, 9.17) is 14.4 Å². The zero-order valence-corrected chi connectivity index (χ0v) is 34.7. The average Bonchev–Trinajstić information content (AvgIpc) is 3.09. The SMILES string of the molecule is CC(C)(C)N(C[C@H](CC(O[Si](C)(C)C(C)(C)C)c1cccnc1)c1ccc(-c2ccc(C(=O)NS(=O)(=O)CC#N)c(OC3CCCCC3)c2)cc1)C(=O)O. The Kier molecular flexibility index (Phi) is 13.7. The Balaban J connectivity index is 1.74. The van der Waals surface area contributed by atoms with Crippen LogP contribution in [0.1, 0.15) is 114 Å². The molecule has 13 heteroatoms. The number of amides is 2. The molecule has 2 aromatic carbocycles. The van der Waals surface area contributed by atoms with Crippen LogP contribution in [-0.2, 0) is 14.4 Å². The van der Waals surface area contributed by atoms with Gasteiger partial charge in [0.1, 0.15) is 5.75 Å². The number of nitrogens with one attached hydrogen (secondary N) is 1. The molecule has 1 saturated carbocycles. The molecule has 0 radical (unpaired) electrons. The van der Waals surface area contributed by atoms with E-state index in [1.54, 1.807) is 30.5 Å². The second kappa shape index (κ2) is 17.5. The van der Waals surface area contributed by atoms with E-state index < -0.39 is 41.6 Å². The topological polar surface area (TPSA) is 159 Å². The molecule has 54 heavy (non-hydrogen) atoms. The number of aromatic nitrogens is 1. The predicted octanol–water partition coefficient (Wildman–Crippen LogP) is 9.06. The van der Waals surface area contributed by atoms with Crippen LogP contribution in [0.3, 0.4) is 0 Å². The van der Waals surface area contributed by atoms with Crippen molar-refractivity contribution in [1.82, 2.24) is 14.6 Å². The Labute approximate surface area is 322 Å². The lowest BCUT2D eigenvalue weighted by Gasteiger charge is -2.41. The van der Waals surface area contributed by atoms with Crippen LogP contribution in [0, 0.1) is 11.3 Å². The van der Waals surface area contributed by atoms with Gasteiger partial charge in [-0.25, -0.2) is 17.9 Å².